The molecule has 0 aliphatic rings. The first-order valence-electron chi connectivity index (χ1n) is 5.62. The molecule has 17 heavy (non-hydrogen) atoms. The fourth-order valence-corrected chi connectivity index (χ4v) is 2.38. The van der Waals surface area contributed by atoms with E-state index in [0.717, 1.165) is 23.7 Å². The Morgan fingerprint density at radius 1 is 1.41 bits per heavy atom. The maximum Gasteiger partial charge on any atom is 0.109 e. The van der Waals surface area contributed by atoms with Gasteiger partial charge >= 0.3 is 0 Å². The molecular formula is C12H16N4S. The summed E-state index contributed by atoms with van der Waals surface area (Å²) >= 11 is 1.68. The SMILES string of the molecule is CCC(NCc1ccc(N)cn1)c1nccs1. The summed E-state index contributed by atoms with van der Waals surface area (Å²) < 4.78 is 0. The molecule has 2 aromatic rings. The van der Waals surface area contributed by atoms with E-state index >= 15 is 0 Å². The van der Waals surface area contributed by atoms with E-state index in [-0.39, 0.29) is 0 Å². The lowest BCUT2D eigenvalue weighted by molar-refractivity contribution is 0.512. The molecule has 0 bridgehead atoms. The Kier molecular flexibility index (Phi) is 4.06. The van der Waals surface area contributed by atoms with Crippen LogP contribution in [0.3, 0.4) is 0 Å². The molecule has 0 saturated carbocycles. The number of nitrogens with one attached hydrogen (secondary N) is 1. The summed E-state index contributed by atoms with van der Waals surface area (Å²) in [6, 6.07) is 4.11. The Bertz CT molecular complexity index is 438. The first kappa shape index (κ1) is 12.0. The van der Waals surface area contributed by atoms with Gasteiger partial charge in [-0.2, -0.15) is 0 Å². The second-order valence-corrected chi connectivity index (χ2v) is 4.72. The van der Waals surface area contributed by atoms with Crippen molar-refractivity contribution in [2.75, 3.05) is 5.73 Å². The summed E-state index contributed by atoms with van der Waals surface area (Å²) in [5.74, 6) is 0. The highest BCUT2D eigenvalue weighted by Gasteiger charge is 2.10. The molecule has 5 heteroatoms. The number of aromatic nitrogens is 2. The number of nitrogens with zero attached hydrogens (tertiary/aromatic N) is 2. The van der Waals surface area contributed by atoms with Crippen LogP contribution in [0.15, 0.2) is 29.9 Å². The number of nitrogens with two attached hydrogens (primary N) is 1. The van der Waals surface area contributed by atoms with Gasteiger partial charge in [0.2, 0.25) is 0 Å². The summed E-state index contributed by atoms with van der Waals surface area (Å²) in [5, 5.41) is 6.58. The molecule has 2 aromatic heterocycles. The minimum absolute atomic E-state index is 0.300. The van der Waals surface area contributed by atoms with Crippen LogP contribution in [0.1, 0.15) is 30.1 Å². The van der Waals surface area contributed by atoms with Crippen molar-refractivity contribution >= 4 is 17.0 Å². The van der Waals surface area contributed by atoms with Crippen LogP contribution < -0.4 is 11.1 Å². The molecule has 0 radical (unpaired) electrons. The largest absolute Gasteiger partial charge is 0.397 e. The van der Waals surface area contributed by atoms with E-state index in [4.69, 9.17) is 5.73 Å². The van der Waals surface area contributed by atoms with Gasteiger partial charge in [-0.25, -0.2) is 4.98 Å². The maximum absolute atomic E-state index is 5.59. The molecule has 1 unspecified atom stereocenters. The molecule has 90 valence electrons. The fourth-order valence-electron chi connectivity index (χ4n) is 1.58. The van der Waals surface area contributed by atoms with Crippen molar-refractivity contribution in [3.05, 3.63) is 40.6 Å². The van der Waals surface area contributed by atoms with Crippen LogP contribution in [0.5, 0.6) is 0 Å². The molecule has 0 aromatic carbocycles. The van der Waals surface area contributed by atoms with Gasteiger partial charge in [0, 0.05) is 18.1 Å². The highest BCUT2D eigenvalue weighted by atomic mass is 32.1. The predicted octanol–water partition coefficient (Wildman–Crippen LogP) is 2.36. The Hall–Kier alpha value is -1.46. The zero-order valence-electron chi connectivity index (χ0n) is 9.76. The molecule has 1 atom stereocenters. The first-order valence-corrected chi connectivity index (χ1v) is 6.50. The molecular weight excluding hydrogens is 232 g/mol. The number of anilines is 1. The van der Waals surface area contributed by atoms with Crippen LogP contribution in [0.4, 0.5) is 5.69 Å². The van der Waals surface area contributed by atoms with E-state index in [1.54, 1.807) is 17.5 Å². The van der Waals surface area contributed by atoms with Gasteiger partial charge in [-0.15, -0.1) is 11.3 Å². The third kappa shape index (κ3) is 3.25. The summed E-state index contributed by atoms with van der Waals surface area (Å²) in [4.78, 5) is 8.59. The van der Waals surface area contributed by atoms with Crippen molar-refractivity contribution in [1.29, 1.82) is 0 Å². The van der Waals surface area contributed by atoms with Gasteiger partial charge in [-0.1, -0.05) is 6.92 Å². The monoisotopic (exact) mass is 248 g/mol. The lowest BCUT2D eigenvalue weighted by Crippen LogP contribution is -2.20. The molecule has 0 saturated heterocycles. The quantitative estimate of drug-likeness (QED) is 0.852. The van der Waals surface area contributed by atoms with Gasteiger partial charge in [0.05, 0.1) is 23.6 Å². The molecule has 0 aliphatic heterocycles. The third-order valence-electron chi connectivity index (χ3n) is 2.53. The van der Waals surface area contributed by atoms with Crippen molar-refractivity contribution < 1.29 is 0 Å². The molecule has 0 amide bonds. The summed E-state index contributed by atoms with van der Waals surface area (Å²) in [6.07, 6.45) is 4.54. The third-order valence-corrected chi connectivity index (χ3v) is 3.42. The molecule has 0 spiro atoms. The van der Waals surface area contributed by atoms with Crippen molar-refractivity contribution in [1.82, 2.24) is 15.3 Å². The summed E-state index contributed by atoms with van der Waals surface area (Å²) in [7, 11) is 0. The van der Waals surface area contributed by atoms with Crippen LogP contribution in [0.2, 0.25) is 0 Å². The highest BCUT2D eigenvalue weighted by molar-refractivity contribution is 7.09. The smallest absolute Gasteiger partial charge is 0.109 e. The Labute approximate surface area is 105 Å². The summed E-state index contributed by atoms with van der Waals surface area (Å²) in [6.45, 7) is 2.88. The molecule has 3 N–H and O–H groups in total. The van der Waals surface area contributed by atoms with Gasteiger partial charge in [-0.3, -0.25) is 4.98 Å². The van der Waals surface area contributed by atoms with Crippen molar-refractivity contribution in [2.45, 2.75) is 25.9 Å². The van der Waals surface area contributed by atoms with E-state index in [9.17, 15) is 0 Å². The van der Waals surface area contributed by atoms with Gasteiger partial charge in [-0.05, 0) is 18.6 Å². The van der Waals surface area contributed by atoms with Crippen molar-refractivity contribution in [2.24, 2.45) is 0 Å². The van der Waals surface area contributed by atoms with E-state index in [1.165, 1.54) is 0 Å². The van der Waals surface area contributed by atoms with Gasteiger partial charge < -0.3 is 11.1 Å². The highest BCUT2D eigenvalue weighted by Crippen LogP contribution is 2.19. The Morgan fingerprint density at radius 2 is 2.29 bits per heavy atom. The standard InChI is InChI=1S/C12H16N4S/c1-2-11(12-14-5-6-17-12)16-8-10-4-3-9(13)7-15-10/h3-7,11,16H,2,8,13H2,1H3. The van der Waals surface area contributed by atoms with Crippen molar-refractivity contribution in [3.8, 4) is 0 Å². The van der Waals surface area contributed by atoms with Gasteiger partial charge in [0.25, 0.3) is 0 Å². The number of hydrogen-bond donors (Lipinski definition) is 2. The number of nitrogen functional groups attached to an aromatic ring is 1. The first-order chi connectivity index (χ1) is 8.29. The van der Waals surface area contributed by atoms with E-state index in [1.807, 2.05) is 23.7 Å². The van der Waals surface area contributed by atoms with Crippen LogP contribution in [0, 0.1) is 0 Å². The lowest BCUT2D eigenvalue weighted by Gasteiger charge is -2.13. The lowest BCUT2D eigenvalue weighted by atomic mass is 10.2. The normalized spacial score (nSPS) is 12.5. The average Bonchev–Trinajstić information content (AvgIpc) is 2.86. The summed E-state index contributed by atoms with van der Waals surface area (Å²) in [5.41, 5.74) is 7.28. The molecule has 2 heterocycles. The maximum atomic E-state index is 5.59. The fraction of sp³-hybridized carbons (Fsp3) is 0.333. The van der Waals surface area contributed by atoms with Crippen molar-refractivity contribution in [3.63, 3.8) is 0 Å². The molecule has 0 fully saturated rings. The topological polar surface area (TPSA) is 63.8 Å². The second kappa shape index (κ2) is 5.75. The van der Waals surface area contributed by atoms with Crippen LogP contribution in [0.25, 0.3) is 0 Å². The molecule has 0 aliphatic carbocycles. The minimum Gasteiger partial charge on any atom is -0.397 e. The Balaban J connectivity index is 1.94. The van der Waals surface area contributed by atoms with E-state index < -0.39 is 0 Å². The zero-order valence-corrected chi connectivity index (χ0v) is 10.6. The predicted molar refractivity (Wildman–Crippen MR) is 70.6 cm³/mol. The van der Waals surface area contributed by atoms with Crippen LogP contribution in [-0.2, 0) is 6.54 Å². The van der Waals surface area contributed by atoms with Crippen LogP contribution in [-0.4, -0.2) is 9.97 Å². The van der Waals surface area contributed by atoms with Gasteiger partial charge in [0.1, 0.15) is 5.01 Å². The zero-order chi connectivity index (χ0) is 12.1. The number of hydrogen-bond acceptors (Lipinski definition) is 5. The number of pyridine rings is 1. The van der Waals surface area contributed by atoms with Gasteiger partial charge in [0.15, 0.2) is 0 Å². The number of thiazole rings is 1. The average molecular weight is 248 g/mol. The van der Waals surface area contributed by atoms with Crippen LogP contribution >= 0.6 is 11.3 Å². The van der Waals surface area contributed by atoms with E-state index in [2.05, 4.69) is 22.2 Å². The second-order valence-electron chi connectivity index (χ2n) is 3.79. The number of rotatable bonds is 5. The molecule has 2 rings (SSSR count). The Morgan fingerprint density at radius 3 is 2.88 bits per heavy atom. The minimum atomic E-state index is 0.300. The molecule has 4 nitrogen and oxygen atoms in total. The van der Waals surface area contributed by atoms with E-state index in [0.29, 0.717) is 11.7 Å².